The molecule has 2 aromatic rings. The van der Waals surface area contributed by atoms with E-state index in [-0.39, 0.29) is 23.7 Å². The summed E-state index contributed by atoms with van der Waals surface area (Å²) in [6.07, 6.45) is 5.32. The summed E-state index contributed by atoms with van der Waals surface area (Å²) in [5.74, 6) is 0.421. The molecular weight excluding hydrogens is 428 g/mol. The highest BCUT2D eigenvalue weighted by atomic mass is 16.5. The molecular formula is C22H30N6O5. The molecule has 4 rings (SSSR count). The fourth-order valence-corrected chi connectivity index (χ4v) is 4.29. The van der Waals surface area contributed by atoms with E-state index in [1.807, 2.05) is 4.90 Å². The van der Waals surface area contributed by atoms with Gasteiger partial charge in [0, 0.05) is 38.3 Å². The SMILES string of the molecule is COc1ccc(C(=O)N2CCCCC2CCn2cc(C(=O)N3CCOCC3)nn2)c(OC)n1. The summed E-state index contributed by atoms with van der Waals surface area (Å²) in [5.41, 5.74) is 0.756. The molecule has 4 heterocycles. The van der Waals surface area contributed by atoms with E-state index in [4.69, 9.17) is 14.2 Å². The highest BCUT2D eigenvalue weighted by molar-refractivity contribution is 5.96. The van der Waals surface area contributed by atoms with E-state index >= 15 is 0 Å². The maximum absolute atomic E-state index is 13.3. The number of nitrogens with zero attached hydrogens (tertiary/aromatic N) is 6. The van der Waals surface area contributed by atoms with Crippen molar-refractivity contribution in [2.75, 3.05) is 47.1 Å². The molecule has 2 aliphatic heterocycles. The van der Waals surface area contributed by atoms with Crippen LogP contribution in [0.5, 0.6) is 11.8 Å². The Morgan fingerprint density at radius 1 is 1.09 bits per heavy atom. The number of amides is 2. The van der Waals surface area contributed by atoms with Crippen LogP contribution in [0.4, 0.5) is 0 Å². The van der Waals surface area contributed by atoms with Crippen LogP contribution in [-0.4, -0.2) is 94.7 Å². The third-order valence-electron chi connectivity index (χ3n) is 6.10. The van der Waals surface area contributed by atoms with Gasteiger partial charge in [-0.3, -0.25) is 14.3 Å². The summed E-state index contributed by atoms with van der Waals surface area (Å²) < 4.78 is 17.5. The fourth-order valence-electron chi connectivity index (χ4n) is 4.29. The Balaban J connectivity index is 1.41. The summed E-state index contributed by atoms with van der Waals surface area (Å²) in [7, 11) is 3.01. The molecule has 11 heteroatoms. The lowest BCUT2D eigenvalue weighted by Crippen LogP contribution is -2.44. The van der Waals surface area contributed by atoms with Crippen LogP contribution < -0.4 is 9.47 Å². The number of morpholine rings is 1. The summed E-state index contributed by atoms with van der Waals surface area (Å²) in [6, 6.07) is 3.41. The first-order valence-corrected chi connectivity index (χ1v) is 11.3. The van der Waals surface area contributed by atoms with Crippen LogP contribution in [0.25, 0.3) is 0 Å². The Labute approximate surface area is 192 Å². The lowest BCUT2D eigenvalue weighted by molar-refractivity contribution is 0.0299. The molecule has 0 saturated carbocycles. The number of pyridine rings is 1. The standard InChI is InChI=1S/C22H30N6O5/c1-31-19-7-6-17(20(23-19)32-2)21(29)28-9-4-3-5-16(28)8-10-27-15-18(24-25-27)22(30)26-11-13-33-14-12-26/h6-7,15-16H,3-5,8-14H2,1-2H3. The third-order valence-corrected chi connectivity index (χ3v) is 6.10. The van der Waals surface area contributed by atoms with Gasteiger partial charge in [0.15, 0.2) is 5.69 Å². The zero-order valence-electron chi connectivity index (χ0n) is 19.1. The van der Waals surface area contributed by atoms with Gasteiger partial charge in [0.05, 0.1) is 33.6 Å². The zero-order chi connectivity index (χ0) is 23.2. The highest BCUT2D eigenvalue weighted by Gasteiger charge is 2.30. The first kappa shape index (κ1) is 23.0. The van der Waals surface area contributed by atoms with Gasteiger partial charge >= 0.3 is 0 Å². The molecule has 2 amide bonds. The highest BCUT2D eigenvalue weighted by Crippen LogP contribution is 2.27. The number of aryl methyl sites for hydroxylation is 1. The van der Waals surface area contributed by atoms with E-state index in [0.717, 1.165) is 19.3 Å². The molecule has 178 valence electrons. The largest absolute Gasteiger partial charge is 0.481 e. The van der Waals surface area contributed by atoms with Gasteiger partial charge in [0.1, 0.15) is 5.56 Å². The van der Waals surface area contributed by atoms with Gasteiger partial charge in [-0.05, 0) is 31.7 Å². The normalized spacial score (nSPS) is 18.8. The molecule has 2 fully saturated rings. The van der Waals surface area contributed by atoms with E-state index in [1.54, 1.807) is 27.9 Å². The van der Waals surface area contributed by atoms with Crippen molar-refractivity contribution in [2.24, 2.45) is 0 Å². The molecule has 0 N–H and O–H groups in total. The average molecular weight is 459 g/mol. The van der Waals surface area contributed by atoms with Crippen LogP contribution in [-0.2, 0) is 11.3 Å². The molecule has 2 aliphatic rings. The second-order valence-electron chi connectivity index (χ2n) is 8.12. The first-order chi connectivity index (χ1) is 16.1. The lowest BCUT2D eigenvalue weighted by Gasteiger charge is -2.36. The molecule has 0 aromatic carbocycles. The molecule has 2 aromatic heterocycles. The number of carbonyl (C=O) groups is 2. The van der Waals surface area contributed by atoms with Gasteiger partial charge in [-0.2, -0.15) is 4.98 Å². The molecule has 0 bridgehead atoms. The van der Waals surface area contributed by atoms with Crippen molar-refractivity contribution in [1.82, 2.24) is 29.8 Å². The van der Waals surface area contributed by atoms with Crippen molar-refractivity contribution in [3.63, 3.8) is 0 Å². The van der Waals surface area contributed by atoms with Crippen LogP contribution in [0.3, 0.4) is 0 Å². The second kappa shape index (κ2) is 10.6. The molecule has 2 saturated heterocycles. The Morgan fingerprint density at radius 3 is 2.67 bits per heavy atom. The van der Waals surface area contributed by atoms with E-state index in [9.17, 15) is 9.59 Å². The molecule has 11 nitrogen and oxygen atoms in total. The molecule has 0 radical (unpaired) electrons. The summed E-state index contributed by atoms with van der Waals surface area (Å²) in [6.45, 7) is 3.45. The van der Waals surface area contributed by atoms with E-state index in [0.29, 0.717) is 63.0 Å². The van der Waals surface area contributed by atoms with Gasteiger partial charge in [-0.1, -0.05) is 5.21 Å². The minimum atomic E-state index is -0.127. The number of likely N-dealkylation sites (tertiary alicyclic amines) is 1. The molecule has 0 aliphatic carbocycles. The van der Waals surface area contributed by atoms with Gasteiger partial charge in [-0.25, -0.2) is 0 Å². The smallest absolute Gasteiger partial charge is 0.276 e. The Kier molecular flexibility index (Phi) is 7.38. The summed E-state index contributed by atoms with van der Waals surface area (Å²) >= 11 is 0. The molecule has 1 atom stereocenters. The molecule has 33 heavy (non-hydrogen) atoms. The number of rotatable bonds is 7. The Hall–Kier alpha value is -3.21. The monoisotopic (exact) mass is 458 g/mol. The van der Waals surface area contributed by atoms with Crippen molar-refractivity contribution < 1.29 is 23.8 Å². The van der Waals surface area contributed by atoms with Crippen LogP contribution >= 0.6 is 0 Å². The number of hydrogen-bond donors (Lipinski definition) is 0. The predicted octanol–water partition coefficient (Wildman–Crippen LogP) is 1.25. The first-order valence-electron chi connectivity index (χ1n) is 11.3. The van der Waals surface area contributed by atoms with Gasteiger partial charge < -0.3 is 24.0 Å². The van der Waals surface area contributed by atoms with Crippen molar-refractivity contribution in [3.05, 3.63) is 29.6 Å². The van der Waals surface area contributed by atoms with Crippen LogP contribution in [0, 0.1) is 0 Å². The number of piperidine rings is 1. The zero-order valence-corrected chi connectivity index (χ0v) is 19.1. The number of hydrogen-bond acceptors (Lipinski definition) is 8. The number of ether oxygens (including phenoxy) is 3. The van der Waals surface area contributed by atoms with Crippen molar-refractivity contribution >= 4 is 11.8 Å². The van der Waals surface area contributed by atoms with Crippen molar-refractivity contribution in [1.29, 1.82) is 0 Å². The van der Waals surface area contributed by atoms with Crippen molar-refractivity contribution in [2.45, 2.75) is 38.3 Å². The van der Waals surface area contributed by atoms with E-state index in [1.165, 1.54) is 14.2 Å². The van der Waals surface area contributed by atoms with Gasteiger partial charge in [-0.15, -0.1) is 5.10 Å². The molecule has 1 unspecified atom stereocenters. The Bertz CT molecular complexity index is 974. The number of aromatic nitrogens is 4. The van der Waals surface area contributed by atoms with Crippen LogP contribution in [0.15, 0.2) is 18.3 Å². The summed E-state index contributed by atoms with van der Waals surface area (Å²) in [5, 5.41) is 8.19. The summed E-state index contributed by atoms with van der Waals surface area (Å²) in [4.78, 5) is 33.8. The second-order valence-corrected chi connectivity index (χ2v) is 8.12. The van der Waals surface area contributed by atoms with Crippen LogP contribution in [0.2, 0.25) is 0 Å². The van der Waals surface area contributed by atoms with E-state index in [2.05, 4.69) is 15.3 Å². The quantitative estimate of drug-likeness (QED) is 0.609. The van der Waals surface area contributed by atoms with Gasteiger partial charge in [0.25, 0.3) is 11.8 Å². The average Bonchev–Trinajstić information content (AvgIpc) is 3.36. The minimum absolute atomic E-state index is 0.0562. The van der Waals surface area contributed by atoms with Crippen molar-refractivity contribution in [3.8, 4) is 11.8 Å². The molecule has 0 spiro atoms. The third kappa shape index (κ3) is 5.24. The topological polar surface area (TPSA) is 112 Å². The van der Waals surface area contributed by atoms with Gasteiger partial charge in [0.2, 0.25) is 11.8 Å². The lowest BCUT2D eigenvalue weighted by atomic mass is 9.98. The maximum Gasteiger partial charge on any atom is 0.276 e. The van der Waals surface area contributed by atoms with E-state index < -0.39 is 0 Å². The minimum Gasteiger partial charge on any atom is -0.481 e. The maximum atomic E-state index is 13.3. The predicted molar refractivity (Wildman–Crippen MR) is 117 cm³/mol. The number of methoxy groups -OCH3 is 2. The Morgan fingerprint density at radius 2 is 1.91 bits per heavy atom. The fraction of sp³-hybridized carbons (Fsp3) is 0.591. The van der Waals surface area contributed by atoms with Crippen LogP contribution in [0.1, 0.15) is 46.5 Å². The number of carbonyl (C=O) groups excluding carboxylic acids is 2.